The zero-order valence-corrected chi connectivity index (χ0v) is 17.6. The molecule has 0 spiro atoms. The third-order valence-corrected chi connectivity index (χ3v) is 5.36. The highest BCUT2D eigenvalue weighted by Gasteiger charge is 2.38. The highest BCUT2D eigenvalue weighted by molar-refractivity contribution is 5.83. The molecule has 1 N–H and O–H groups in total. The fraction of sp³-hybridized carbons (Fsp3) is 0.850. The van der Waals surface area contributed by atoms with Gasteiger partial charge in [0.1, 0.15) is 17.8 Å². The minimum Gasteiger partial charge on any atom is -0.444 e. The zero-order chi connectivity index (χ0) is 21.0. The van der Waals surface area contributed by atoms with E-state index in [2.05, 4.69) is 5.32 Å². The molecule has 3 heterocycles. The number of carbonyl (C=O) groups is 3. The van der Waals surface area contributed by atoms with Crippen LogP contribution in [-0.4, -0.2) is 91.0 Å². The molecule has 0 aromatic heterocycles. The first-order chi connectivity index (χ1) is 13.7. The normalized spacial score (nSPS) is 27.8. The molecule has 0 radical (unpaired) electrons. The Morgan fingerprint density at radius 3 is 2.28 bits per heavy atom. The van der Waals surface area contributed by atoms with Crippen molar-refractivity contribution in [3.8, 4) is 0 Å². The second kappa shape index (κ2) is 9.30. The summed E-state index contributed by atoms with van der Waals surface area (Å²) in [5.41, 5.74) is -0.592. The standard InChI is InChI=1S/C20H33N3O6/c1-20(2,3)29-19(26)22-8-9-23(18(25)16-7-5-11-28-16)14(13-22)12-21-17(24)15-6-4-10-27-15/h14-16H,4-13H2,1-3H3,(H,21,24)/t14-,15-,16-/m0/s1. The van der Waals surface area contributed by atoms with Crippen LogP contribution in [0.1, 0.15) is 46.5 Å². The zero-order valence-electron chi connectivity index (χ0n) is 17.6. The molecule has 3 rings (SSSR count). The number of nitrogens with one attached hydrogen (secondary N) is 1. The maximum absolute atomic E-state index is 12.9. The summed E-state index contributed by atoms with van der Waals surface area (Å²) in [6.07, 6.45) is 1.89. The summed E-state index contributed by atoms with van der Waals surface area (Å²) < 4.78 is 16.5. The van der Waals surface area contributed by atoms with Crippen molar-refractivity contribution in [3.63, 3.8) is 0 Å². The molecule has 0 unspecified atom stereocenters. The topological polar surface area (TPSA) is 97.4 Å². The average molecular weight is 411 g/mol. The van der Waals surface area contributed by atoms with Gasteiger partial charge in [-0.1, -0.05) is 0 Å². The van der Waals surface area contributed by atoms with E-state index in [4.69, 9.17) is 14.2 Å². The Labute approximate surface area is 172 Å². The van der Waals surface area contributed by atoms with Gasteiger partial charge in [0, 0.05) is 39.4 Å². The van der Waals surface area contributed by atoms with Gasteiger partial charge in [0.2, 0.25) is 5.91 Å². The van der Waals surface area contributed by atoms with E-state index >= 15 is 0 Å². The van der Waals surface area contributed by atoms with Crippen LogP contribution in [0.3, 0.4) is 0 Å². The summed E-state index contributed by atoms with van der Waals surface area (Å²) in [5, 5.41) is 2.90. The Balaban J connectivity index is 1.64. The second-order valence-corrected chi connectivity index (χ2v) is 8.86. The van der Waals surface area contributed by atoms with E-state index in [-0.39, 0.29) is 24.4 Å². The molecule has 0 aromatic rings. The molecule has 0 aromatic carbocycles. The fourth-order valence-electron chi connectivity index (χ4n) is 3.89. The summed E-state index contributed by atoms with van der Waals surface area (Å²) in [6, 6.07) is -0.335. The van der Waals surface area contributed by atoms with Gasteiger partial charge in [-0.25, -0.2) is 4.79 Å². The Morgan fingerprint density at radius 2 is 1.69 bits per heavy atom. The first-order valence-corrected chi connectivity index (χ1v) is 10.5. The third-order valence-electron chi connectivity index (χ3n) is 5.36. The van der Waals surface area contributed by atoms with Gasteiger partial charge in [-0.3, -0.25) is 9.59 Å². The highest BCUT2D eigenvalue weighted by Crippen LogP contribution is 2.20. The lowest BCUT2D eigenvalue weighted by Gasteiger charge is -2.42. The number of ether oxygens (including phenoxy) is 3. The van der Waals surface area contributed by atoms with Crippen molar-refractivity contribution >= 4 is 17.9 Å². The summed E-state index contributed by atoms with van der Waals surface area (Å²) in [5.74, 6) is -0.232. The van der Waals surface area contributed by atoms with Crippen molar-refractivity contribution in [1.82, 2.24) is 15.1 Å². The van der Waals surface area contributed by atoms with E-state index in [0.717, 1.165) is 12.8 Å². The molecule has 29 heavy (non-hydrogen) atoms. The smallest absolute Gasteiger partial charge is 0.410 e. The highest BCUT2D eigenvalue weighted by atomic mass is 16.6. The predicted molar refractivity (Wildman–Crippen MR) is 104 cm³/mol. The summed E-state index contributed by atoms with van der Waals surface area (Å²) in [6.45, 7) is 7.99. The van der Waals surface area contributed by atoms with Crippen LogP contribution in [0.4, 0.5) is 4.79 Å². The molecular formula is C20H33N3O6. The van der Waals surface area contributed by atoms with E-state index in [1.54, 1.807) is 9.80 Å². The van der Waals surface area contributed by atoms with Crippen LogP contribution >= 0.6 is 0 Å². The molecule has 0 saturated carbocycles. The van der Waals surface area contributed by atoms with Gasteiger partial charge >= 0.3 is 6.09 Å². The maximum atomic E-state index is 12.9. The summed E-state index contributed by atoms with van der Waals surface area (Å²) >= 11 is 0. The molecule has 3 amide bonds. The Kier molecular flexibility index (Phi) is 7.00. The van der Waals surface area contributed by atoms with Crippen molar-refractivity contribution in [2.45, 2.75) is 70.3 Å². The third kappa shape index (κ3) is 5.82. The van der Waals surface area contributed by atoms with Gasteiger partial charge in [-0.05, 0) is 46.5 Å². The van der Waals surface area contributed by atoms with E-state index in [1.807, 2.05) is 20.8 Å². The Morgan fingerprint density at radius 1 is 1.03 bits per heavy atom. The molecule has 164 valence electrons. The largest absolute Gasteiger partial charge is 0.444 e. The van der Waals surface area contributed by atoms with Crippen LogP contribution in [0, 0.1) is 0 Å². The molecule has 0 aliphatic carbocycles. The number of carbonyl (C=O) groups excluding carboxylic acids is 3. The molecule has 9 heteroatoms. The maximum Gasteiger partial charge on any atom is 0.410 e. The molecule has 3 atom stereocenters. The molecular weight excluding hydrogens is 378 g/mol. The second-order valence-electron chi connectivity index (χ2n) is 8.86. The van der Waals surface area contributed by atoms with Crippen LogP contribution in [0.15, 0.2) is 0 Å². The van der Waals surface area contributed by atoms with Gasteiger partial charge in [0.25, 0.3) is 5.91 Å². The monoisotopic (exact) mass is 411 g/mol. The van der Waals surface area contributed by atoms with Crippen LogP contribution in [0.5, 0.6) is 0 Å². The van der Waals surface area contributed by atoms with Crippen molar-refractivity contribution in [1.29, 1.82) is 0 Å². The van der Waals surface area contributed by atoms with Crippen molar-refractivity contribution < 1.29 is 28.6 Å². The lowest BCUT2D eigenvalue weighted by Crippen LogP contribution is -2.62. The van der Waals surface area contributed by atoms with Gasteiger partial charge in [0.15, 0.2) is 0 Å². The molecule has 3 saturated heterocycles. The van der Waals surface area contributed by atoms with E-state index in [9.17, 15) is 14.4 Å². The van der Waals surface area contributed by atoms with Gasteiger partial charge in [0.05, 0.1) is 6.04 Å². The molecule has 0 bridgehead atoms. The quantitative estimate of drug-likeness (QED) is 0.739. The first-order valence-electron chi connectivity index (χ1n) is 10.5. The Bertz CT molecular complexity index is 608. The van der Waals surface area contributed by atoms with Gasteiger partial charge in [-0.2, -0.15) is 0 Å². The van der Waals surface area contributed by atoms with E-state index < -0.39 is 23.9 Å². The number of hydrogen-bond donors (Lipinski definition) is 1. The van der Waals surface area contributed by atoms with Crippen LogP contribution in [-0.2, 0) is 23.8 Å². The van der Waals surface area contributed by atoms with E-state index in [1.165, 1.54) is 0 Å². The van der Waals surface area contributed by atoms with Crippen molar-refractivity contribution in [2.75, 3.05) is 39.4 Å². The number of nitrogens with zero attached hydrogens (tertiary/aromatic N) is 2. The average Bonchev–Trinajstić information content (AvgIpc) is 3.37. The van der Waals surface area contributed by atoms with Crippen molar-refractivity contribution in [2.24, 2.45) is 0 Å². The lowest BCUT2D eigenvalue weighted by atomic mass is 10.1. The minimum absolute atomic E-state index is 0.0669. The SMILES string of the molecule is CC(C)(C)OC(=O)N1CCN(C(=O)[C@@H]2CCCO2)[C@@H](CNC(=O)[C@@H]2CCCO2)C1. The molecule has 3 aliphatic heterocycles. The molecule has 3 fully saturated rings. The van der Waals surface area contributed by atoms with Crippen LogP contribution in [0.25, 0.3) is 0 Å². The summed E-state index contributed by atoms with van der Waals surface area (Å²) in [4.78, 5) is 41.2. The summed E-state index contributed by atoms with van der Waals surface area (Å²) in [7, 11) is 0. The number of amides is 3. The van der Waals surface area contributed by atoms with Crippen molar-refractivity contribution in [3.05, 3.63) is 0 Å². The molecule has 9 nitrogen and oxygen atoms in total. The van der Waals surface area contributed by atoms with Gasteiger partial charge in [-0.15, -0.1) is 0 Å². The number of rotatable bonds is 4. The number of hydrogen-bond acceptors (Lipinski definition) is 6. The van der Waals surface area contributed by atoms with Crippen LogP contribution < -0.4 is 5.32 Å². The fourth-order valence-corrected chi connectivity index (χ4v) is 3.89. The lowest BCUT2D eigenvalue weighted by molar-refractivity contribution is -0.146. The van der Waals surface area contributed by atoms with Gasteiger partial charge < -0.3 is 29.3 Å². The molecule has 3 aliphatic rings. The minimum atomic E-state index is -0.592. The number of piperazine rings is 1. The van der Waals surface area contributed by atoms with E-state index in [0.29, 0.717) is 45.7 Å². The predicted octanol–water partition coefficient (Wildman–Crippen LogP) is 0.909. The first kappa shape index (κ1) is 21.8. The van der Waals surface area contributed by atoms with Crippen LogP contribution in [0.2, 0.25) is 0 Å². The Hall–Kier alpha value is -1.87.